The highest BCUT2D eigenvalue weighted by Gasteiger charge is 2.23. The number of hydrogen-bond donors (Lipinski definition) is 1. The van der Waals surface area contributed by atoms with Crippen molar-refractivity contribution in [3.05, 3.63) is 21.8 Å². The standard InChI is InChI=1S/C11H15BrClN3/c12-8-5-10(13)11(15-7-8)16-4-2-1-3-9(16)6-14/h5,7,9H,1-4,6,14H2. The molecule has 0 saturated carbocycles. The largest absolute Gasteiger partial charge is 0.351 e. The van der Waals surface area contributed by atoms with E-state index in [-0.39, 0.29) is 0 Å². The van der Waals surface area contributed by atoms with Crippen LogP contribution in [-0.4, -0.2) is 24.1 Å². The molecule has 5 heteroatoms. The maximum absolute atomic E-state index is 6.21. The van der Waals surface area contributed by atoms with E-state index in [0.29, 0.717) is 17.6 Å². The molecule has 1 fully saturated rings. The SMILES string of the molecule is NCC1CCCCN1c1ncc(Br)cc1Cl. The third kappa shape index (κ3) is 2.50. The number of anilines is 1. The van der Waals surface area contributed by atoms with Crippen LogP contribution in [0.3, 0.4) is 0 Å². The summed E-state index contributed by atoms with van der Waals surface area (Å²) in [6.07, 6.45) is 5.34. The molecule has 0 aromatic carbocycles. The van der Waals surface area contributed by atoms with Gasteiger partial charge >= 0.3 is 0 Å². The van der Waals surface area contributed by atoms with Gasteiger partial charge < -0.3 is 10.6 Å². The van der Waals surface area contributed by atoms with Crippen LogP contribution in [0.25, 0.3) is 0 Å². The maximum Gasteiger partial charge on any atom is 0.147 e. The van der Waals surface area contributed by atoms with E-state index in [4.69, 9.17) is 17.3 Å². The van der Waals surface area contributed by atoms with Crippen molar-refractivity contribution < 1.29 is 0 Å². The second kappa shape index (κ2) is 5.34. The minimum atomic E-state index is 0.375. The quantitative estimate of drug-likeness (QED) is 0.913. The number of pyridine rings is 1. The molecule has 0 aliphatic carbocycles. The Morgan fingerprint density at radius 3 is 3.06 bits per heavy atom. The number of rotatable bonds is 2. The van der Waals surface area contributed by atoms with Crippen LogP contribution in [0.2, 0.25) is 5.02 Å². The third-order valence-electron chi connectivity index (χ3n) is 2.96. The summed E-state index contributed by atoms with van der Waals surface area (Å²) in [7, 11) is 0. The van der Waals surface area contributed by atoms with Gasteiger partial charge in [0.1, 0.15) is 5.82 Å². The Hall–Kier alpha value is -0.320. The van der Waals surface area contributed by atoms with Gasteiger partial charge in [-0.05, 0) is 41.3 Å². The molecule has 0 spiro atoms. The monoisotopic (exact) mass is 303 g/mol. The summed E-state index contributed by atoms with van der Waals surface area (Å²) in [6.45, 7) is 1.66. The fourth-order valence-electron chi connectivity index (χ4n) is 2.14. The van der Waals surface area contributed by atoms with E-state index in [1.54, 1.807) is 6.20 Å². The van der Waals surface area contributed by atoms with Crippen molar-refractivity contribution in [3.63, 3.8) is 0 Å². The summed E-state index contributed by atoms with van der Waals surface area (Å²) in [5.41, 5.74) is 5.79. The average Bonchev–Trinajstić information content (AvgIpc) is 2.29. The second-order valence-corrected chi connectivity index (χ2v) is 5.36. The first-order valence-electron chi connectivity index (χ1n) is 5.50. The smallest absolute Gasteiger partial charge is 0.147 e. The summed E-state index contributed by atoms with van der Waals surface area (Å²) in [5, 5.41) is 0.690. The van der Waals surface area contributed by atoms with E-state index in [1.807, 2.05) is 6.07 Å². The summed E-state index contributed by atoms with van der Waals surface area (Å²) in [5.74, 6) is 0.861. The van der Waals surface area contributed by atoms with Gasteiger partial charge in [-0.15, -0.1) is 0 Å². The lowest BCUT2D eigenvalue weighted by Crippen LogP contribution is -2.44. The molecule has 88 valence electrons. The molecule has 1 saturated heterocycles. The van der Waals surface area contributed by atoms with Crippen molar-refractivity contribution in [1.82, 2.24) is 4.98 Å². The number of aromatic nitrogens is 1. The number of nitrogens with zero attached hydrogens (tertiary/aromatic N) is 2. The van der Waals surface area contributed by atoms with E-state index in [1.165, 1.54) is 12.8 Å². The first-order valence-corrected chi connectivity index (χ1v) is 6.67. The molecular weight excluding hydrogens is 289 g/mol. The Bertz CT molecular complexity index is 372. The molecule has 0 amide bonds. The van der Waals surface area contributed by atoms with E-state index in [2.05, 4.69) is 25.8 Å². The number of halogens is 2. The van der Waals surface area contributed by atoms with Gasteiger partial charge in [0.05, 0.1) is 5.02 Å². The van der Waals surface area contributed by atoms with Crippen LogP contribution in [0.4, 0.5) is 5.82 Å². The molecule has 1 unspecified atom stereocenters. The van der Waals surface area contributed by atoms with E-state index in [9.17, 15) is 0 Å². The van der Waals surface area contributed by atoms with E-state index >= 15 is 0 Å². The van der Waals surface area contributed by atoms with Gasteiger partial charge in [-0.25, -0.2) is 4.98 Å². The van der Waals surface area contributed by atoms with Gasteiger partial charge in [0, 0.05) is 29.8 Å². The number of nitrogens with two attached hydrogens (primary N) is 1. The van der Waals surface area contributed by atoms with Crippen molar-refractivity contribution in [2.75, 3.05) is 18.0 Å². The highest BCUT2D eigenvalue weighted by atomic mass is 79.9. The zero-order valence-corrected chi connectivity index (χ0v) is 11.3. The molecule has 2 rings (SSSR count). The molecule has 2 heterocycles. The fraction of sp³-hybridized carbons (Fsp3) is 0.545. The van der Waals surface area contributed by atoms with Crippen LogP contribution in [0, 0.1) is 0 Å². The zero-order chi connectivity index (χ0) is 11.5. The van der Waals surface area contributed by atoms with Crippen LogP contribution in [0.15, 0.2) is 16.7 Å². The molecule has 1 atom stereocenters. The van der Waals surface area contributed by atoms with Gasteiger partial charge in [-0.1, -0.05) is 11.6 Å². The first kappa shape index (κ1) is 12.1. The molecule has 16 heavy (non-hydrogen) atoms. The highest BCUT2D eigenvalue weighted by Crippen LogP contribution is 2.30. The normalized spacial score (nSPS) is 21.2. The summed E-state index contributed by atoms with van der Waals surface area (Å²) >= 11 is 9.57. The lowest BCUT2D eigenvalue weighted by atomic mass is 10.0. The molecular formula is C11H15BrClN3. The molecule has 1 aliphatic heterocycles. The average molecular weight is 305 g/mol. The second-order valence-electron chi connectivity index (χ2n) is 4.04. The van der Waals surface area contributed by atoms with Crippen LogP contribution in [0.5, 0.6) is 0 Å². The van der Waals surface area contributed by atoms with Gasteiger partial charge in [0.25, 0.3) is 0 Å². The van der Waals surface area contributed by atoms with Crippen LogP contribution in [0.1, 0.15) is 19.3 Å². The molecule has 1 aromatic heterocycles. The Morgan fingerprint density at radius 2 is 2.38 bits per heavy atom. The van der Waals surface area contributed by atoms with Crippen LogP contribution < -0.4 is 10.6 Å². The molecule has 0 radical (unpaired) electrons. The van der Waals surface area contributed by atoms with Gasteiger partial charge in [0.15, 0.2) is 0 Å². The fourth-order valence-corrected chi connectivity index (χ4v) is 2.88. The van der Waals surface area contributed by atoms with Gasteiger partial charge in [0.2, 0.25) is 0 Å². The summed E-state index contributed by atoms with van der Waals surface area (Å²) < 4.78 is 0.905. The lowest BCUT2D eigenvalue weighted by molar-refractivity contribution is 0.462. The van der Waals surface area contributed by atoms with Crippen molar-refractivity contribution in [2.45, 2.75) is 25.3 Å². The van der Waals surface area contributed by atoms with Gasteiger partial charge in [-0.2, -0.15) is 0 Å². The Labute approximate surface area is 109 Å². The molecule has 2 N–H and O–H groups in total. The summed E-state index contributed by atoms with van der Waals surface area (Å²) in [6, 6.07) is 2.26. The predicted molar refractivity (Wildman–Crippen MR) is 71.0 cm³/mol. The van der Waals surface area contributed by atoms with Crippen LogP contribution >= 0.6 is 27.5 Å². The Balaban J connectivity index is 2.27. The number of hydrogen-bond acceptors (Lipinski definition) is 3. The Kier molecular flexibility index (Phi) is 4.05. The molecule has 3 nitrogen and oxygen atoms in total. The third-order valence-corrected chi connectivity index (χ3v) is 3.67. The lowest BCUT2D eigenvalue weighted by Gasteiger charge is -2.36. The van der Waals surface area contributed by atoms with Crippen molar-refractivity contribution in [3.8, 4) is 0 Å². The Morgan fingerprint density at radius 1 is 1.56 bits per heavy atom. The first-order chi connectivity index (χ1) is 7.72. The molecule has 0 bridgehead atoms. The van der Waals surface area contributed by atoms with Crippen molar-refractivity contribution >= 4 is 33.3 Å². The molecule has 1 aliphatic rings. The maximum atomic E-state index is 6.21. The van der Waals surface area contributed by atoms with Crippen molar-refractivity contribution in [1.29, 1.82) is 0 Å². The summed E-state index contributed by atoms with van der Waals surface area (Å²) in [4.78, 5) is 6.63. The number of piperidine rings is 1. The van der Waals surface area contributed by atoms with Crippen molar-refractivity contribution in [2.24, 2.45) is 5.73 Å². The molecule has 1 aromatic rings. The topological polar surface area (TPSA) is 42.1 Å². The zero-order valence-electron chi connectivity index (χ0n) is 9.00. The minimum absolute atomic E-state index is 0.375. The highest BCUT2D eigenvalue weighted by molar-refractivity contribution is 9.10. The van der Waals surface area contributed by atoms with E-state index in [0.717, 1.165) is 23.3 Å². The minimum Gasteiger partial charge on any atom is -0.351 e. The van der Waals surface area contributed by atoms with E-state index < -0.39 is 0 Å². The van der Waals surface area contributed by atoms with Crippen LogP contribution in [-0.2, 0) is 0 Å². The van der Waals surface area contributed by atoms with Gasteiger partial charge in [-0.3, -0.25) is 0 Å². The predicted octanol–water partition coefficient (Wildman–Crippen LogP) is 2.82.